The normalized spacial score (nSPS) is 11.2. The molecule has 0 saturated heterocycles. The molecular formula is C11H19N3O2S2. The van der Waals surface area contributed by atoms with Gasteiger partial charge in [0.05, 0.1) is 6.54 Å². The van der Waals surface area contributed by atoms with E-state index in [0.29, 0.717) is 10.8 Å². The first-order valence-electron chi connectivity index (χ1n) is 5.39. The van der Waals surface area contributed by atoms with Crippen molar-refractivity contribution in [1.82, 2.24) is 9.80 Å². The second-order valence-electron chi connectivity index (χ2n) is 4.40. The lowest BCUT2D eigenvalue weighted by Crippen LogP contribution is -2.35. The fourth-order valence-electron chi connectivity index (χ4n) is 1.47. The Morgan fingerprint density at radius 3 is 2.17 bits per heavy atom. The van der Waals surface area contributed by atoms with Crippen LogP contribution in [-0.2, 0) is 16.4 Å². The highest BCUT2D eigenvalue weighted by Gasteiger charge is 2.11. The summed E-state index contributed by atoms with van der Waals surface area (Å²) in [7, 11) is 4.60. The summed E-state index contributed by atoms with van der Waals surface area (Å²) in [6, 6.07) is 3.45. The maximum absolute atomic E-state index is 11.4. The van der Waals surface area contributed by atoms with Crippen molar-refractivity contribution in [3.8, 4) is 0 Å². The number of hydrogen-bond acceptors (Lipinski definition) is 4. The third-order valence-electron chi connectivity index (χ3n) is 2.18. The van der Waals surface area contributed by atoms with Crippen LogP contribution in [0.4, 0.5) is 0 Å². The third-order valence-corrected chi connectivity index (χ3v) is 5.07. The third kappa shape index (κ3) is 3.99. The molecule has 0 unspecified atom stereocenters. The Bertz CT molecular complexity index is 520. The van der Waals surface area contributed by atoms with Gasteiger partial charge in [0, 0.05) is 39.3 Å². The molecule has 1 rings (SSSR count). The van der Waals surface area contributed by atoms with Crippen LogP contribution in [0.5, 0.6) is 0 Å². The molecule has 0 aromatic carbocycles. The number of nitrogens with zero attached hydrogens (tertiary/aromatic N) is 3. The molecule has 5 nitrogen and oxygen atoms in total. The summed E-state index contributed by atoms with van der Waals surface area (Å²) in [5.74, 6) is 0.851. The van der Waals surface area contributed by atoms with Crippen LogP contribution in [0.2, 0.25) is 0 Å². The van der Waals surface area contributed by atoms with Gasteiger partial charge >= 0.3 is 0 Å². The van der Waals surface area contributed by atoms with E-state index in [4.69, 9.17) is 0 Å². The summed E-state index contributed by atoms with van der Waals surface area (Å²) >= 11 is 1.27. The van der Waals surface area contributed by atoms with Gasteiger partial charge in [-0.1, -0.05) is 0 Å². The second-order valence-corrected chi connectivity index (χ2v) is 7.81. The van der Waals surface area contributed by atoms with E-state index in [1.807, 2.05) is 44.1 Å². The van der Waals surface area contributed by atoms with Gasteiger partial charge in [-0.2, -0.15) is 0 Å². The Balaban J connectivity index is 2.86. The SMILES string of the molecule is CN(C)C(=NCc1ccc(S(C)(=O)=O)s1)N(C)C. The molecule has 0 bridgehead atoms. The van der Waals surface area contributed by atoms with Gasteiger partial charge in [0.25, 0.3) is 0 Å². The van der Waals surface area contributed by atoms with Crippen molar-refractivity contribution in [2.45, 2.75) is 10.8 Å². The van der Waals surface area contributed by atoms with E-state index in [9.17, 15) is 8.42 Å². The Morgan fingerprint density at radius 1 is 1.22 bits per heavy atom. The van der Waals surface area contributed by atoms with Gasteiger partial charge in [-0.3, -0.25) is 0 Å². The predicted molar refractivity (Wildman–Crippen MR) is 75.9 cm³/mol. The van der Waals surface area contributed by atoms with Crippen molar-refractivity contribution < 1.29 is 8.42 Å². The molecule has 18 heavy (non-hydrogen) atoms. The molecule has 0 N–H and O–H groups in total. The van der Waals surface area contributed by atoms with Crippen LogP contribution in [0.15, 0.2) is 21.3 Å². The van der Waals surface area contributed by atoms with Crippen LogP contribution in [0, 0.1) is 0 Å². The summed E-state index contributed by atoms with van der Waals surface area (Å²) in [6.07, 6.45) is 1.22. The molecule has 0 aliphatic carbocycles. The van der Waals surface area contributed by atoms with Crippen molar-refractivity contribution in [3.63, 3.8) is 0 Å². The molecule has 102 valence electrons. The molecule has 0 radical (unpaired) electrons. The first-order chi connectivity index (χ1) is 8.21. The molecule has 0 aliphatic rings. The molecule has 1 aromatic heterocycles. The van der Waals surface area contributed by atoms with Crippen molar-refractivity contribution in [2.24, 2.45) is 4.99 Å². The molecule has 0 aliphatic heterocycles. The Hall–Kier alpha value is -1.08. The van der Waals surface area contributed by atoms with Crippen molar-refractivity contribution in [3.05, 3.63) is 17.0 Å². The van der Waals surface area contributed by atoms with Gasteiger partial charge in [-0.05, 0) is 12.1 Å². The minimum absolute atomic E-state index is 0.393. The van der Waals surface area contributed by atoms with Gasteiger partial charge in [0.2, 0.25) is 0 Å². The van der Waals surface area contributed by atoms with E-state index in [0.717, 1.165) is 10.8 Å². The first kappa shape index (κ1) is 15.0. The summed E-state index contributed by atoms with van der Waals surface area (Å²) in [6.45, 7) is 0.492. The fourth-order valence-corrected chi connectivity index (χ4v) is 3.38. The maximum Gasteiger partial charge on any atom is 0.195 e. The molecule has 1 aromatic rings. The van der Waals surface area contributed by atoms with E-state index < -0.39 is 9.84 Å². The summed E-state index contributed by atoms with van der Waals surface area (Å²) in [5, 5.41) is 0. The van der Waals surface area contributed by atoms with Gasteiger partial charge < -0.3 is 9.80 Å². The average molecular weight is 289 g/mol. The van der Waals surface area contributed by atoms with Gasteiger partial charge in [-0.15, -0.1) is 11.3 Å². The van der Waals surface area contributed by atoms with Gasteiger partial charge in [0.15, 0.2) is 15.8 Å². The van der Waals surface area contributed by atoms with Crippen molar-refractivity contribution in [1.29, 1.82) is 0 Å². The van der Waals surface area contributed by atoms with Crippen LogP contribution in [-0.4, -0.2) is 58.6 Å². The lowest BCUT2D eigenvalue weighted by Gasteiger charge is -2.22. The highest BCUT2D eigenvalue weighted by molar-refractivity contribution is 7.92. The molecule has 7 heteroatoms. The van der Waals surface area contributed by atoms with Crippen LogP contribution in [0.3, 0.4) is 0 Å². The minimum Gasteiger partial charge on any atom is -0.349 e. The van der Waals surface area contributed by atoms with Crippen LogP contribution in [0.1, 0.15) is 4.88 Å². The van der Waals surface area contributed by atoms with Crippen LogP contribution in [0.25, 0.3) is 0 Å². The van der Waals surface area contributed by atoms with E-state index in [1.165, 1.54) is 17.6 Å². The summed E-state index contributed by atoms with van der Waals surface area (Å²) in [4.78, 5) is 9.26. The number of aliphatic imine (C=N–C) groups is 1. The Morgan fingerprint density at radius 2 is 1.78 bits per heavy atom. The highest BCUT2D eigenvalue weighted by atomic mass is 32.2. The van der Waals surface area contributed by atoms with E-state index >= 15 is 0 Å². The number of guanidine groups is 1. The van der Waals surface area contributed by atoms with Gasteiger partial charge in [-0.25, -0.2) is 13.4 Å². The van der Waals surface area contributed by atoms with Crippen molar-refractivity contribution in [2.75, 3.05) is 34.4 Å². The monoisotopic (exact) mass is 289 g/mol. The molecule has 0 spiro atoms. The van der Waals surface area contributed by atoms with Crippen LogP contribution >= 0.6 is 11.3 Å². The zero-order valence-corrected chi connectivity index (χ0v) is 13.0. The first-order valence-corrected chi connectivity index (χ1v) is 8.10. The molecule has 0 atom stereocenters. The van der Waals surface area contributed by atoms with E-state index in [2.05, 4.69) is 4.99 Å². The zero-order chi connectivity index (χ0) is 13.9. The number of rotatable bonds is 3. The van der Waals surface area contributed by atoms with Crippen LogP contribution < -0.4 is 0 Å². The Kier molecular flexibility index (Phi) is 4.75. The van der Waals surface area contributed by atoms with Crippen molar-refractivity contribution >= 4 is 27.1 Å². The lowest BCUT2D eigenvalue weighted by atomic mass is 10.5. The molecule has 0 fully saturated rings. The topological polar surface area (TPSA) is 53.0 Å². The molecule has 0 amide bonds. The largest absolute Gasteiger partial charge is 0.349 e. The fraction of sp³-hybridized carbons (Fsp3) is 0.545. The maximum atomic E-state index is 11.4. The number of thiophene rings is 1. The predicted octanol–water partition coefficient (Wildman–Crippen LogP) is 1.13. The second kappa shape index (κ2) is 5.71. The molecule has 0 saturated carbocycles. The molecular weight excluding hydrogens is 270 g/mol. The summed E-state index contributed by atoms with van der Waals surface area (Å²) < 4.78 is 23.1. The molecule has 1 heterocycles. The Labute approximate surface area is 113 Å². The quantitative estimate of drug-likeness (QED) is 0.618. The number of hydrogen-bond donors (Lipinski definition) is 0. The lowest BCUT2D eigenvalue weighted by molar-refractivity contribution is 0.479. The van der Waals surface area contributed by atoms with E-state index in [1.54, 1.807) is 6.07 Å². The van der Waals surface area contributed by atoms with Gasteiger partial charge in [0.1, 0.15) is 4.21 Å². The average Bonchev–Trinajstić information content (AvgIpc) is 2.64. The summed E-state index contributed by atoms with van der Waals surface area (Å²) in [5.41, 5.74) is 0. The minimum atomic E-state index is -3.10. The smallest absolute Gasteiger partial charge is 0.195 e. The zero-order valence-electron chi connectivity index (χ0n) is 11.3. The standard InChI is InChI=1S/C11H19N3O2S2/c1-13(2)11(14(3)4)12-8-9-6-7-10(17-9)18(5,15)16/h6-7H,8H2,1-5H3. The van der Waals surface area contributed by atoms with E-state index in [-0.39, 0.29) is 0 Å². The highest BCUT2D eigenvalue weighted by Crippen LogP contribution is 2.22. The number of sulfone groups is 1.